The van der Waals surface area contributed by atoms with E-state index < -0.39 is 4.92 Å². The minimum Gasteiger partial charge on any atom is -0.268 e. The minimum atomic E-state index is -0.492. The second-order valence-corrected chi connectivity index (χ2v) is 7.37. The van der Waals surface area contributed by atoms with Crippen LogP contribution in [0.3, 0.4) is 0 Å². The second-order valence-electron chi connectivity index (χ2n) is 5.21. The predicted molar refractivity (Wildman–Crippen MR) is 104 cm³/mol. The van der Waals surface area contributed by atoms with Gasteiger partial charge in [0.05, 0.1) is 16.4 Å². The van der Waals surface area contributed by atoms with Crippen LogP contribution in [0.1, 0.15) is 11.1 Å². The first-order valence-corrected chi connectivity index (χ1v) is 9.08. The van der Waals surface area contributed by atoms with Crippen molar-refractivity contribution in [1.29, 1.82) is 0 Å². The van der Waals surface area contributed by atoms with Gasteiger partial charge >= 0.3 is 0 Å². The third-order valence-electron chi connectivity index (χ3n) is 3.55. The van der Waals surface area contributed by atoms with Crippen LogP contribution < -0.4 is 0 Å². The topological polar surface area (TPSA) is 80.5 Å². The average Bonchev–Trinajstić information content (AvgIpc) is 2.85. The molecule has 0 saturated carbocycles. The molecule has 2 aromatic rings. The van der Waals surface area contributed by atoms with Gasteiger partial charge in [-0.05, 0) is 57.6 Å². The van der Waals surface area contributed by atoms with Gasteiger partial charge < -0.3 is 0 Å². The molecule has 8 heteroatoms. The van der Waals surface area contributed by atoms with Gasteiger partial charge in [0.1, 0.15) is 0 Å². The largest absolute Gasteiger partial charge is 0.293 e. The summed E-state index contributed by atoms with van der Waals surface area (Å²) >= 11 is 3.07. The van der Waals surface area contributed by atoms with Crippen molar-refractivity contribution >= 4 is 57.3 Å². The number of rotatable bonds is 4. The number of carbonyl (C=O) groups excluding carboxylic acids is 2. The highest BCUT2D eigenvalue weighted by molar-refractivity contribution is 14.1. The van der Waals surface area contributed by atoms with Gasteiger partial charge in [0, 0.05) is 15.7 Å². The van der Waals surface area contributed by atoms with E-state index >= 15 is 0 Å². The Morgan fingerprint density at radius 3 is 2.44 bits per heavy atom. The minimum absolute atomic E-state index is 0.0311. The van der Waals surface area contributed by atoms with E-state index in [1.807, 2.05) is 24.3 Å². The fraction of sp³-hybridized carbons (Fsp3) is 0.0588. The molecule has 2 aromatic carbocycles. The SMILES string of the molecule is O=C1S/C(=C\c2ccccc2I)C(=O)N1Cc1ccc([N+](=O)[O-])cc1. The number of nitro groups is 1. The Balaban J connectivity index is 1.80. The molecular formula is C17H11IN2O4S. The third-order valence-corrected chi connectivity index (χ3v) is 5.44. The molecule has 0 aromatic heterocycles. The number of halogens is 1. The molecule has 6 nitrogen and oxygen atoms in total. The van der Waals surface area contributed by atoms with Gasteiger partial charge in [0.2, 0.25) is 0 Å². The van der Waals surface area contributed by atoms with Gasteiger partial charge in [0.25, 0.3) is 16.8 Å². The molecule has 25 heavy (non-hydrogen) atoms. The first-order chi connectivity index (χ1) is 12.0. The molecule has 0 radical (unpaired) electrons. The van der Waals surface area contributed by atoms with E-state index in [4.69, 9.17) is 0 Å². The lowest BCUT2D eigenvalue weighted by Crippen LogP contribution is -2.27. The number of thioether (sulfide) groups is 1. The monoisotopic (exact) mass is 466 g/mol. The lowest BCUT2D eigenvalue weighted by molar-refractivity contribution is -0.384. The summed E-state index contributed by atoms with van der Waals surface area (Å²) < 4.78 is 0.988. The molecule has 3 rings (SSSR count). The zero-order chi connectivity index (χ0) is 18.0. The first-order valence-electron chi connectivity index (χ1n) is 7.19. The first kappa shape index (κ1) is 17.6. The zero-order valence-corrected chi connectivity index (χ0v) is 15.7. The highest BCUT2D eigenvalue weighted by Crippen LogP contribution is 2.34. The average molecular weight is 466 g/mol. The molecule has 2 amide bonds. The maximum absolute atomic E-state index is 12.5. The summed E-state index contributed by atoms with van der Waals surface area (Å²) in [7, 11) is 0. The van der Waals surface area contributed by atoms with Gasteiger partial charge in [-0.25, -0.2) is 0 Å². The quantitative estimate of drug-likeness (QED) is 0.288. The summed E-state index contributed by atoms with van der Waals surface area (Å²) in [6.45, 7) is 0.0892. The van der Waals surface area contributed by atoms with Crippen LogP contribution in [0.4, 0.5) is 10.5 Å². The van der Waals surface area contributed by atoms with Crippen LogP contribution in [-0.4, -0.2) is 21.0 Å². The maximum Gasteiger partial charge on any atom is 0.293 e. The van der Waals surface area contributed by atoms with Crippen LogP contribution >= 0.6 is 34.4 Å². The standard InChI is InChI=1S/C17H11IN2O4S/c18-14-4-2-1-3-12(14)9-15-16(21)19(17(22)25-15)10-11-5-7-13(8-6-11)20(23)24/h1-9H,10H2/b15-9-. The van der Waals surface area contributed by atoms with E-state index in [2.05, 4.69) is 22.6 Å². The molecule has 1 fully saturated rings. The number of imide groups is 1. The summed E-state index contributed by atoms with van der Waals surface area (Å²) in [5, 5.41) is 10.3. The summed E-state index contributed by atoms with van der Waals surface area (Å²) in [4.78, 5) is 36.4. The van der Waals surface area contributed by atoms with Crippen LogP contribution in [0.15, 0.2) is 53.4 Å². The molecule has 0 unspecified atom stereocenters. The maximum atomic E-state index is 12.5. The van der Waals surface area contributed by atoms with Gasteiger partial charge in [-0.3, -0.25) is 24.6 Å². The summed E-state index contributed by atoms with van der Waals surface area (Å²) in [6.07, 6.45) is 1.71. The van der Waals surface area contributed by atoms with Crippen LogP contribution in [0.5, 0.6) is 0 Å². The number of hydrogen-bond acceptors (Lipinski definition) is 5. The number of non-ortho nitro benzene ring substituents is 1. The van der Waals surface area contributed by atoms with Gasteiger partial charge in [-0.15, -0.1) is 0 Å². The van der Waals surface area contributed by atoms with E-state index in [0.717, 1.165) is 25.8 Å². The summed E-state index contributed by atoms with van der Waals surface area (Å²) in [6, 6.07) is 13.4. The number of nitro benzene ring substituents is 1. The molecule has 0 aliphatic carbocycles. The van der Waals surface area contributed by atoms with Crippen molar-refractivity contribution in [2.75, 3.05) is 0 Å². The molecule has 1 aliphatic heterocycles. The van der Waals surface area contributed by atoms with Gasteiger partial charge in [0.15, 0.2) is 0 Å². The van der Waals surface area contributed by atoms with Crippen LogP contribution in [0, 0.1) is 13.7 Å². The van der Waals surface area contributed by atoms with Crippen molar-refractivity contribution in [2.45, 2.75) is 6.54 Å². The second kappa shape index (κ2) is 7.36. The Bertz CT molecular complexity index is 896. The van der Waals surface area contributed by atoms with Crippen molar-refractivity contribution in [3.8, 4) is 0 Å². The van der Waals surface area contributed by atoms with E-state index in [0.29, 0.717) is 10.5 Å². The van der Waals surface area contributed by atoms with Crippen LogP contribution in [0.2, 0.25) is 0 Å². The summed E-state index contributed by atoms with van der Waals surface area (Å²) in [5.74, 6) is -0.354. The van der Waals surface area contributed by atoms with Crippen molar-refractivity contribution in [3.05, 3.63) is 78.2 Å². The Labute approximate surface area is 161 Å². The number of hydrogen-bond donors (Lipinski definition) is 0. The number of nitrogens with zero attached hydrogens (tertiary/aromatic N) is 2. The Hall–Kier alpha value is -2.20. The molecular weight excluding hydrogens is 455 g/mol. The molecule has 0 spiro atoms. The van der Waals surface area contributed by atoms with Crippen molar-refractivity contribution < 1.29 is 14.5 Å². The van der Waals surface area contributed by atoms with Crippen LogP contribution in [-0.2, 0) is 11.3 Å². The van der Waals surface area contributed by atoms with Crippen molar-refractivity contribution in [3.63, 3.8) is 0 Å². The van der Waals surface area contributed by atoms with E-state index in [1.54, 1.807) is 18.2 Å². The van der Waals surface area contributed by atoms with Gasteiger partial charge in [-0.2, -0.15) is 0 Å². The summed E-state index contributed by atoms with van der Waals surface area (Å²) in [5.41, 5.74) is 1.50. The molecule has 1 aliphatic rings. The number of benzene rings is 2. The lowest BCUT2D eigenvalue weighted by atomic mass is 10.2. The molecule has 0 N–H and O–H groups in total. The zero-order valence-electron chi connectivity index (χ0n) is 12.7. The molecule has 126 valence electrons. The normalized spacial score (nSPS) is 15.9. The molecule has 1 saturated heterocycles. The Morgan fingerprint density at radius 2 is 1.80 bits per heavy atom. The number of carbonyl (C=O) groups is 2. The molecule has 0 atom stereocenters. The van der Waals surface area contributed by atoms with E-state index in [1.165, 1.54) is 12.1 Å². The van der Waals surface area contributed by atoms with E-state index in [-0.39, 0.29) is 23.4 Å². The Morgan fingerprint density at radius 1 is 1.12 bits per heavy atom. The molecule has 1 heterocycles. The molecule has 0 bridgehead atoms. The number of amides is 2. The van der Waals surface area contributed by atoms with Crippen molar-refractivity contribution in [1.82, 2.24) is 4.90 Å². The highest BCUT2D eigenvalue weighted by atomic mass is 127. The predicted octanol–water partition coefficient (Wildman–Crippen LogP) is 4.44. The Kier molecular flexibility index (Phi) is 5.19. The highest BCUT2D eigenvalue weighted by Gasteiger charge is 2.35. The van der Waals surface area contributed by atoms with Crippen molar-refractivity contribution in [2.24, 2.45) is 0 Å². The van der Waals surface area contributed by atoms with Crippen LogP contribution in [0.25, 0.3) is 6.08 Å². The fourth-order valence-electron chi connectivity index (χ4n) is 2.28. The fourth-order valence-corrected chi connectivity index (χ4v) is 3.65. The smallest absolute Gasteiger partial charge is 0.268 e. The van der Waals surface area contributed by atoms with E-state index in [9.17, 15) is 19.7 Å². The van der Waals surface area contributed by atoms with Gasteiger partial charge in [-0.1, -0.05) is 30.3 Å². The lowest BCUT2D eigenvalue weighted by Gasteiger charge is -2.12. The third kappa shape index (κ3) is 3.90.